The first kappa shape index (κ1) is 24.7. The van der Waals surface area contributed by atoms with Crippen LogP contribution in [0.3, 0.4) is 0 Å². The van der Waals surface area contributed by atoms with Crippen LogP contribution < -0.4 is 9.47 Å². The van der Waals surface area contributed by atoms with Crippen LogP contribution in [0.1, 0.15) is 17.2 Å². The highest BCUT2D eigenvalue weighted by Crippen LogP contribution is 2.43. The van der Waals surface area contributed by atoms with E-state index in [2.05, 4.69) is 0 Å². The number of hydrogen-bond donors (Lipinski definition) is 2. The number of hydrogen-bond acceptors (Lipinski definition) is 9. The molecule has 1 saturated heterocycles. The molecule has 1 aliphatic rings. The number of Topliss-reactive ketones (excluding diaryl/α,β-unsaturated/α-hetero) is 1. The lowest BCUT2D eigenvalue weighted by atomic mass is 9.94. The minimum atomic E-state index is -1.08. The molecule has 3 rings (SSSR count). The molecule has 0 bridgehead atoms. The van der Waals surface area contributed by atoms with Gasteiger partial charge in [-0.15, -0.1) is 0 Å². The zero-order valence-electron chi connectivity index (χ0n) is 18.6. The summed E-state index contributed by atoms with van der Waals surface area (Å²) in [6.45, 7) is -0.169. The van der Waals surface area contributed by atoms with Gasteiger partial charge >= 0.3 is 0 Å². The molecule has 11 heteroatoms. The van der Waals surface area contributed by atoms with E-state index in [0.717, 1.165) is 6.07 Å². The second-order valence-electron chi connectivity index (χ2n) is 7.24. The molecule has 0 saturated carbocycles. The van der Waals surface area contributed by atoms with Crippen LogP contribution in [-0.2, 0) is 14.3 Å². The molecule has 2 aromatic carbocycles. The Hall–Kier alpha value is -3.96. The quantitative estimate of drug-likeness (QED) is 0.132. The van der Waals surface area contributed by atoms with Gasteiger partial charge in [0, 0.05) is 29.8 Å². The lowest BCUT2D eigenvalue weighted by Crippen LogP contribution is -2.33. The number of nitro benzene ring substituents is 1. The molecule has 180 valence electrons. The summed E-state index contributed by atoms with van der Waals surface area (Å²) >= 11 is 0. The van der Waals surface area contributed by atoms with Crippen LogP contribution >= 0.6 is 0 Å². The number of methoxy groups -OCH3 is 2. The van der Waals surface area contributed by atoms with Crippen LogP contribution in [-0.4, -0.2) is 72.3 Å². The molecule has 1 aliphatic heterocycles. The monoisotopic (exact) mass is 472 g/mol. The summed E-state index contributed by atoms with van der Waals surface area (Å²) in [5.41, 5.74) is -0.156. The average molecular weight is 472 g/mol. The molecule has 34 heavy (non-hydrogen) atoms. The Morgan fingerprint density at radius 2 is 1.88 bits per heavy atom. The zero-order chi connectivity index (χ0) is 24.8. The lowest BCUT2D eigenvalue weighted by molar-refractivity contribution is -0.384. The first-order valence-corrected chi connectivity index (χ1v) is 10.3. The third-order valence-electron chi connectivity index (χ3n) is 5.31. The number of carbonyl (C=O) groups is 2. The summed E-state index contributed by atoms with van der Waals surface area (Å²) in [6, 6.07) is 8.87. The fraction of sp³-hybridized carbons (Fsp3) is 0.304. The van der Waals surface area contributed by atoms with E-state index in [1.54, 1.807) is 18.2 Å². The number of ether oxygens (including phenoxy) is 3. The first-order chi connectivity index (χ1) is 16.3. The number of carbonyl (C=O) groups excluding carboxylic acids is 2. The molecule has 11 nitrogen and oxygen atoms in total. The van der Waals surface area contributed by atoms with Crippen molar-refractivity contribution in [1.82, 2.24) is 4.90 Å². The third kappa shape index (κ3) is 4.85. The topological polar surface area (TPSA) is 149 Å². The highest BCUT2D eigenvalue weighted by atomic mass is 16.6. The van der Waals surface area contributed by atoms with Crippen LogP contribution in [0.15, 0.2) is 48.0 Å². The van der Waals surface area contributed by atoms with Gasteiger partial charge in [0.15, 0.2) is 0 Å². The maximum Gasteiger partial charge on any atom is 0.295 e. The SMILES string of the molecule is COc1ccc(OC)c(C2C(=C(O)c3cccc([N+](=O)[O-])c3)C(=O)C(=O)N2CCOCCO)c1. The summed E-state index contributed by atoms with van der Waals surface area (Å²) in [5, 5.41) is 31.2. The lowest BCUT2D eigenvalue weighted by Gasteiger charge is -2.26. The molecule has 1 heterocycles. The van der Waals surface area contributed by atoms with E-state index >= 15 is 0 Å². The summed E-state index contributed by atoms with van der Waals surface area (Å²) in [5.74, 6) is -1.64. The molecule has 0 spiro atoms. The number of aliphatic hydroxyl groups is 2. The van der Waals surface area contributed by atoms with Crippen molar-refractivity contribution in [3.8, 4) is 11.5 Å². The first-order valence-electron chi connectivity index (χ1n) is 10.3. The number of nitro groups is 1. The van der Waals surface area contributed by atoms with Crippen LogP contribution in [0.25, 0.3) is 5.76 Å². The van der Waals surface area contributed by atoms with E-state index in [1.165, 1.54) is 37.3 Å². The van der Waals surface area contributed by atoms with Crippen molar-refractivity contribution in [2.24, 2.45) is 0 Å². The van der Waals surface area contributed by atoms with Gasteiger partial charge in [-0.3, -0.25) is 19.7 Å². The van der Waals surface area contributed by atoms with Crippen molar-refractivity contribution in [2.45, 2.75) is 6.04 Å². The summed E-state index contributed by atoms with van der Waals surface area (Å²) in [4.78, 5) is 37.8. The summed E-state index contributed by atoms with van der Waals surface area (Å²) in [6.07, 6.45) is 0. The van der Waals surface area contributed by atoms with Gasteiger partial charge in [-0.2, -0.15) is 0 Å². The summed E-state index contributed by atoms with van der Waals surface area (Å²) in [7, 11) is 2.87. The van der Waals surface area contributed by atoms with E-state index in [1.807, 2.05) is 0 Å². The summed E-state index contributed by atoms with van der Waals surface area (Å²) < 4.78 is 16.0. The van der Waals surface area contributed by atoms with Crippen molar-refractivity contribution in [2.75, 3.05) is 40.6 Å². The number of ketones is 1. The highest BCUT2D eigenvalue weighted by Gasteiger charge is 2.47. The number of rotatable bonds is 10. The Morgan fingerprint density at radius 3 is 2.53 bits per heavy atom. The Balaban J connectivity index is 2.20. The number of nitrogens with zero attached hydrogens (tertiary/aromatic N) is 2. The molecule has 0 aliphatic carbocycles. The van der Waals surface area contributed by atoms with Crippen LogP contribution in [0, 0.1) is 10.1 Å². The largest absolute Gasteiger partial charge is 0.507 e. The Morgan fingerprint density at radius 1 is 1.12 bits per heavy atom. The molecular weight excluding hydrogens is 448 g/mol. The van der Waals surface area contributed by atoms with Crippen molar-refractivity contribution in [3.63, 3.8) is 0 Å². The van der Waals surface area contributed by atoms with Gasteiger partial charge in [0.25, 0.3) is 17.4 Å². The van der Waals surface area contributed by atoms with Crippen molar-refractivity contribution < 1.29 is 38.9 Å². The Labute approximate surface area is 194 Å². The molecule has 0 aromatic heterocycles. The number of amides is 1. The van der Waals surface area contributed by atoms with Gasteiger partial charge in [0.05, 0.1) is 50.6 Å². The van der Waals surface area contributed by atoms with E-state index in [-0.39, 0.29) is 43.2 Å². The molecule has 1 amide bonds. The Bertz CT molecular complexity index is 1130. The normalized spacial score (nSPS) is 17.1. The molecule has 0 radical (unpaired) electrons. The molecule has 1 atom stereocenters. The minimum absolute atomic E-state index is 0.00981. The molecular formula is C23H24N2O9. The van der Waals surface area contributed by atoms with E-state index in [0.29, 0.717) is 17.1 Å². The van der Waals surface area contributed by atoms with Gasteiger partial charge in [-0.25, -0.2) is 0 Å². The molecule has 2 N–H and O–H groups in total. The fourth-order valence-electron chi connectivity index (χ4n) is 3.74. The fourth-order valence-corrected chi connectivity index (χ4v) is 3.74. The van der Waals surface area contributed by atoms with Gasteiger partial charge in [0.2, 0.25) is 0 Å². The van der Waals surface area contributed by atoms with Crippen LogP contribution in [0.4, 0.5) is 5.69 Å². The van der Waals surface area contributed by atoms with Crippen molar-refractivity contribution in [3.05, 3.63) is 69.3 Å². The predicted molar refractivity (Wildman–Crippen MR) is 120 cm³/mol. The number of non-ortho nitro benzene ring substituents is 1. The molecule has 1 unspecified atom stereocenters. The van der Waals surface area contributed by atoms with Crippen molar-refractivity contribution in [1.29, 1.82) is 0 Å². The Kier molecular flexibility index (Phi) is 7.82. The van der Waals surface area contributed by atoms with E-state index in [9.17, 15) is 24.8 Å². The smallest absolute Gasteiger partial charge is 0.295 e. The maximum absolute atomic E-state index is 13.1. The number of aliphatic hydroxyl groups excluding tert-OH is 2. The second-order valence-corrected chi connectivity index (χ2v) is 7.24. The zero-order valence-corrected chi connectivity index (χ0v) is 18.6. The van der Waals surface area contributed by atoms with Gasteiger partial charge in [-0.1, -0.05) is 12.1 Å². The highest BCUT2D eigenvalue weighted by molar-refractivity contribution is 6.46. The average Bonchev–Trinajstić information content (AvgIpc) is 3.10. The van der Waals surface area contributed by atoms with E-state index < -0.39 is 28.4 Å². The minimum Gasteiger partial charge on any atom is -0.507 e. The third-order valence-corrected chi connectivity index (χ3v) is 5.31. The molecule has 2 aromatic rings. The van der Waals surface area contributed by atoms with Gasteiger partial charge in [0.1, 0.15) is 17.3 Å². The van der Waals surface area contributed by atoms with Gasteiger partial charge in [-0.05, 0) is 18.2 Å². The maximum atomic E-state index is 13.1. The number of benzene rings is 2. The number of likely N-dealkylation sites (tertiary alicyclic amines) is 1. The van der Waals surface area contributed by atoms with Crippen molar-refractivity contribution >= 4 is 23.1 Å². The van der Waals surface area contributed by atoms with Crippen LogP contribution in [0.5, 0.6) is 11.5 Å². The van der Waals surface area contributed by atoms with Gasteiger partial charge < -0.3 is 29.3 Å². The molecule has 1 fully saturated rings. The second kappa shape index (κ2) is 10.8. The van der Waals surface area contributed by atoms with E-state index in [4.69, 9.17) is 19.3 Å². The predicted octanol–water partition coefficient (Wildman–Crippen LogP) is 2.04. The standard InChI is InChI=1S/C23H24N2O9/c1-32-16-6-7-18(33-2)17(13-16)20-19(21(27)14-4-3-5-15(12-14)25(30)31)22(28)23(29)24(20)8-10-34-11-9-26/h3-7,12-13,20,26-27H,8-11H2,1-2H3. The van der Waals surface area contributed by atoms with Crippen LogP contribution in [0.2, 0.25) is 0 Å².